The Hall–Kier alpha value is -1.61. The molecule has 0 bridgehead atoms. The number of carbonyl (C=O) groups excluding carboxylic acids is 2. The molecule has 0 saturated heterocycles. The quantitative estimate of drug-likeness (QED) is 0.624. The molecule has 0 aromatic heterocycles. The zero-order valence-electron chi connectivity index (χ0n) is 9.41. The summed E-state index contributed by atoms with van der Waals surface area (Å²) in [4.78, 5) is 23.0. The molecule has 1 rings (SSSR count). The smallest absolute Gasteiger partial charge is 0.220 e. The van der Waals surface area contributed by atoms with Gasteiger partial charge in [0.15, 0.2) is 5.78 Å². The molecule has 0 aliphatic heterocycles. The molecule has 0 saturated carbocycles. The third-order valence-electron chi connectivity index (χ3n) is 2.19. The number of carbonyl (C=O) groups is 2. The Labute approximate surface area is 105 Å². The van der Waals surface area contributed by atoms with Gasteiger partial charge in [-0.25, -0.2) is 0 Å². The highest BCUT2D eigenvalue weighted by Gasteiger charge is 2.08. The standard InChI is InChI=1S/C13H14ClNO2/c1-2-9-15-13(17)8-7-12(16)10-3-5-11(14)6-4-10/h2-6H,1,7-9H2,(H,15,17). The molecule has 0 fully saturated rings. The van der Waals surface area contributed by atoms with Crippen molar-refractivity contribution in [2.45, 2.75) is 12.8 Å². The van der Waals surface area contributed by atoms with E-state index in [9.17, 15) is 9.59 Å². The maximum atomic E-state index is 11.7. The van der Waals surface area contributed by atoms with E-state index in [-0.39, 0.29) is 24.5 Å². The van der Waals surface area contributed by atoms with Gasteiger partial charge in [-0.3, -0.25) is 9.59 Å². The van der Waals surface area contributed by atoms with Crippen molar-refractivity contribution in [3.63, 3.8) is 0 Å². The van der Waals surface area contributed by atoms with E-state index in [4.69, 9.17) is 11.6 Å². The third kappa shape index (κ3) is 4.83. The summed E-state index contributed by atoms with van der Waals surface area (Å²) in [5.41, 5.74) is 0.575. The van der Waals surface area contributed by atoms with E-state index in [0.29, 0.717) is 17.1 Å². The van der Waals surface area contributed by atoms with Gasteiger partial charge in [-0.1, -0.05) is 17.7 Å². The summed E-state index contributed by atoms with van der Waals surface area (Å²) in [7, 11) is 0. The third-order valence-corrected chi connectivity index (χ3v) is 2.44. The van der Waals surface area contributed by atoms with Crippen LogP contribution in [0.25, 0.3) is 0 Å². The van der Waals surface area contributed by atoms with Gasteiger partial charge in [0, 0.05) is 30.0 Å². The minimum atomic E-state index is -0.146. The molecule has 0 atom stereocenters. The van der Waals surface area contributed by atoms with Crippen LogP contribution in [0.1, 0.15) is 23.2 Å². The average Bonchev–Trinajstić information content (AvgIpc) is 2.34. The SMILES string of the molecule is C=CCNC(=O)CCC(=O)c1ccc(Cl)cc1. The molecule has 3 nitrogen and oxygen atoms in total. The molecule has 0 aliphatic carbocycles. The summed E-state index contributed by atoms with van der Waals surface area (Å²) in [5.74, 6) is -0.206. The van der Waals surface area contributed by atoms with Gasteiger partial charge in [0.05, 0.1) is 0 Å². The van der Waals surface area contributed by atoms with Crippen LogP contribution in [0.2, 0.25) is 5.02 Å². The predicted molar refractivity (Wildman–Crippen MR) is 68.2 cm³/mol. The Morgan fingerprint density at radius 3 is 2.47 bits per heavy atom. The highest BCUT2D eigenvalue weighted by Crippen LogP contribution is 2.11. The lowest BCUT2D eigenvalue weighted by Gasteiger charge is -2.02. The van der Waals surface area contributed by atoms with Crippen molar-refractivity contribution in [2.75, 3.05) is 6.54 Å². The fourth-order valence-electron chi connectivity index (χ4n) is 1.28. The summed E-state index contributed by atoms with van der Waals surface area (Å²) < 4.78 is 0. The van der Waals surface area contributed by atoms with E-state index in [2.05, 4.69) is 11.9 Å². The summed E-state index contributed by atoms with van der Waals surface area (Å²) in [6.07, 6.45) is 1.98. The molecular weight excluding hydrogens is 238 g/mol. The van der Waals surface area contributed by atoms with Crippen LogP contribution in [0.15, 0.2) is 36.9 Å². The van der Waals surface area contributed by atoms with Crippen LogP contribution < -0.4 is 5.32 Å². The minimum Gasteiger partial charge on any atom is -0.353 e. The van der Waals surface area contributed by atoms with Gasteiger partial charge in [0.1, 0.15) is 0 Å². The van der Waals surface area contributed by atoms with E-state index in [1.54, 1.807) is 30.3 Å². The van der Waals surface area contributed by atoms with Crippen LogP contribution in [-0.2, 0) is 4.79 Å². The van der Waals surface area contributed by atoms with Crippen molar-refractivity contribution in [3.8, 4) is 0 Å². The number of rotatable bonds is 6. The molecule has 17 heavy (non-hydrogen) atoms. The first-order valence-corrected chi connectivity index (χ1v) is 5.67. The van der Waals surface area contributed by atoms with Gasteiger partial charge < -0.3 is 5.32 Å². The number of benzene rings is 1. The number of hydrogen-bond donors (Lipinski definition) is 1. The van der Waals surface area contributed by atoms with E-state index in [1.807, 2.05) is 0 Å². The lowest BCUT2D eigenvalue weighted by Crippen LogP contribution is -2.23. The second-order valence-electron chi connectivity index (χ2n) is 3.52. The van der Waals surface area contributed by atoms with Crippen molar-refractivity contribution in [3.05, 3.63) is 47.5 Å². The highest BCUT2D eigenvalue weighted by atomic mass is 35.5. The topological polar surface area (TPSA) is 46.2 Å². The Bertz CT molecular complexity index is 412. The number of nitrogens with one attached hydrogen (secondary N) is 1. The zero-order chi connectivity index (χ0) is 12.7. The molecule has 90 valence electrons. The number of hydrogen-bond acceptors (Lipinski definition) is 2. The largest absolute Gasteiger partial charge is 0.353 e. The Balaban J connectivity index is 2.42. The molecule has 0 spiro atoms. The van der Waals surface area contributed by atoms with Crippen molar-refractivity contribution in [1.29, 1.82) is 0 Å². The molecular formula is C13H14ClNO2. The van der Waals surface area contributed by atoms with E-state index in [0.717, 1.165) is 0 Å². The van der Waals surface area contributed by atoms with Gasteiger partial charge >= 0.3 is 0 Å². The lowest BCUT2D eigenvalue weighted by atomic mass is 10.1. The van der Waals surface area contributed by atoms with E-state index in [1.165, 1.54) is 0 Å². The predicted octanol–water partition coefficient (Wildman–Crippen LogP) is 2.61. The maximum absolute atomic E-state index is 11.7. The van der Waals surface area contributed by atoms with Gasteiger partial charge in [0.2, 0.25) is 5.91 Å². The molecule has 1 amide bonds. The Morgan fingerprint density at radius 1 is 1.24 bits per heavy atom. The van der Waals surface area contributed by atoms with Crippen molar-refractivity contribution in [2.24, 2.45) is 0 Å². The molecule has 0 radical (unpaired) electrons. The molecule has 1 aromatic rings. The van der Waals surface area contributed by atoms with Crippen LogP contribution in [0.4, 0.5) is 0 Å². The normalized spacial score (nSPS) is 9.71. The van der Waals surface area contributed by atoms with Crippen molar-refractivity contribution < 1.29 is 9.59 Å². The summed E-state index contributed by atoms with van der Waals surface area (Å²) in [6, 6.07) is 6.64. The van der Waals surface area contributed by atoms with Crippen molar-refractivity contribution >= 4 is 23.3 Å². The van der Waals surface area contributed by atoms with Gasteiger partial charge in [-0.2, -0.15) is 0 Å². The van der Waals surface area contributed by atoms with E-state index >= 15 is 0 Å². The minimum absolute atomic E-state index is 0.0598. The summed E-state index contributed by atoms with van der Waals surface area (Å²) in [5, 5.41) is 3.21. The van der Waals surface area contributed by atoms with Crippen LogP contribution in [0, 0.1) is 0 Å². The first kappa shape index (κ1) is 13.5. The Morgan fingerprint density at radius 2 is 1.88 bits per heavy atom. The van der Waals surface area contributed by atoms with Crippen LogP contribution in [0.5, 0.6) is 0 Å². The summed E-state index contributed by atoms with van der Waals surface area (Å²) >= 11 is 5.72. The molecule has 0 aliphatic rings. The molecule has 4 heteroatoms. The highest BCUT2D eigenvalue weighted by molar-refractivity contribution is 6.30. The average molecular weight is 252 g/mol. The first-order valence-electron chi connectivity index (χ1n) is 5.30. The second-order valence-corrected chi connectivity index (χ2v) is 3.96. The maximum Gasteiger partial charge on any atom is 0.220 e. The van der Waals surface area contributed by atoms with Gasteiger partial charge in [0.25, 0.3) is 0 Å². The molecule has 0 unspecified atom stereocenters. The second kappa shape index (κ2) is 6.86. The molecule has 1 aromatic carbocycles. The van der Waals surface area contributed by atoms with Crippen molar-refractivity contribution in [1.82, 2.24) is 5.32 Å². The number of halogens is 1. The van der Waals surface area contributed by atoms with Crippen LogP contribution in [0.3, 0.4) is 0 Å². The van der Waals surface area contributed by atoms with Gasteiger partial charge in [-0.05, 0) is 24.3 Å². The monoisotopic (exact) mass is 251 g/mol. The number of amides is 1. The number of Topliss-reactive ketones (excluding diaryl/α,β-unsaturated/α-hetero) is 1. The fourth-order valence-corrected chi connectivity index (χ4v) is 1.41. The van der Waals surface area contributed by atoms with E-state index < -0.39 is 0 Å². The summed E-state index contributed by atoms with van der Waals surface area (Å²) in [6.45, 7) is 3.91. The van der Waals surface area contributed by atoms with Crippen LogP contribution in [-0.4, -0.2) is 18.2 Å². The molecule has 0 heterocycles. The molecule has 1 N–H and O–H groups in total. The fraction of sp³-hybridized carbons (Fsp3) is 0.231. The van der Waals surface area contributed by atoms with Crippen LogP contribution >= 0.6 is 11.6 Å². The number of ketones is 1. The zero-order valence-corrected chi connectivity index (χ0v) is 10.2. The Kier molecular flexibility index (Phi) is 5.43. The lowest BCUT2D eigenvalue weighted by molar-refractivity contribution is -0.120. The first-order chi connectivity index (χ1) is 8.13. The van der Waals surface area contributed by atoms with Gasteiger partial charge in [-0.15, -0.1) is 6.58 Å².